The average Bonchev–Trinajstić information content (AvgIpc) is 2.93. The van der Waals surface area contributed by atoms with Crippen molar-refractivity contribution < 1.29 is 9.59 Å². The first kappa shape index (κ1) is 19.0. The molecule has 1 N–H and O–H groups in total. The minimum Gasteiger partial charge on any atom is -0.309 e. The summed E-state index contributed by atoms with van der Waals surface area (Å²) in [7, 11) is 3.46. The molecule has 1 aromatic heterocycles. The van der Waals surface area contributed by atoms with E-state index in [1.165, 1.54) is 6.92 Å². The van der Waals surface area contributed by atoms with Crippen molar-refractivity contribution in [3.05, 3.63) is 28.6 Å². The highest BCUT2D eigenvalue weighted by molar-refractivity contribution is 6.08. The molecule has 0 saturated heterocycles. The Bertz CT molecular complexity index is 944. The molecule has 1 heterocycles. The van der Waals surface area contributed by atoms with Gasteiger partial charge >= 0.3 is 0 Å². The summed E-state index contributed by atoms with van der Waals surface area (Å²) in [5.41, 5.74) is 1.69. The molecule has 0 saturated carbocycles. The van der Waals surface area contributed by atoms with E-state index in [2.05, 4.69) is 23.3 Å². The second-order valence-corrected chi connectivity index (χ2v) is 8.15. The molecule has 0 radical (unpaired) electrons. The number of hydrogen-bond acceptors (Lipinski definition) is 5. The number of allylic oxidation sites excluding steroid dienone is 2. The molecule has 2 aliphatic carbocycles. The van der Waals surface area contributed by atoms with Gasteiger partial charge in [-0.25, -0.2) is 0 Å². The van der Waals surface area contributed by atoms with Crippen LogP contribution < -0.4 is 5.32 Å². The molecule has 7 nitrogen and oxygen atoms in total. The van der Waals surface area contributed by atoms with E-state index < -0.39 is 10.8 Å². The lowest BCUT2D eigenvalue weighted by Gasteiger charge is -2.49. The van der Waals surface area contributed by atoms with Crippen molar-refractivity contribution in [2.24, 2.45) is 23.4 Å². The van der Waals surface area contributed by atoms with Crippen LogP contribution in [0.15, 0.2) is 16.6 Å². The summed E-state index contributed by atoms with van der Waals surface area (Å²) in [5, 5.41) is 17.0. The molecule has 1 aromatic rings. The summed E-state index contributed by atoms with van der Waals surface area (Å²) >= 11 is 0. The summed E-state index contributed by atoms with van der Waals surface area (Å²) in [6.07, 6.45) is 3.33. The molecule has 0 aromatic carbocycles. The molecular weight excluding hydrogens is 342 g/mol. The molecule has 0 aliphatic heterocycles. The van der Waals surface area contributed by atoms with Gasteiger partial charge in [-0.1, -0.05) is 26.8 Å². The third-order valence-electron chi connectivity index (χ3n) is 6.07. The Morgan fingerprint density at radius 1 is 1.44 bits per heavy atom. The number of nitrogens with one attached hydrogen (secondary N) is 1. The van der Waals surface area contributed by atoms with E-state index in [1.54, 1.807) is 17.8 Å². The molecule has 0 fully saturated rings. The van der Waals surface area contributed by atoms with Gasteiger partial charge in [0.2, 0.25) is 5.91 Å². The molecule has 0 spiro atoms. The van der Waals surface area contributed by atoms with Crippen molar-refractivity contribution in [1.82, 2.24) is 15.1 Å². The van der Waals surface area contributed by atoms with Crippen LogP contribution >= 0.6 is 0 Å². The minimum absolute atomic E-state index is 0.0487. The number of aromatic nitrogens is 2. The summed E-state index contributed by atoms with van der Waals surface area (Å²) in [6, 6.07) is 2.08. The minimum atomic E-state index is -0.636. The summed E-state index contributed by atoms with van der Waals surface area (Å²) in [4.78, 5) is 28.6. The molecule has 27 heavy (non-hydrogen) atoms. The highest BCUT2D eigenvalue weighted by Crippen LogP contribution is 2.54. The maximum atomic E-state index is 12.8. The van der Waals surface area contributed by atoms with E-state index in [1.807, 2.05) is 20.9 Å². The van der Waals surface area contributed by atoms with Crippen molar-refractivity contribution in [3.8, 4) is 6.07 Å². The van der Waals surface area contributed by atoms with Gasteiger partial charge in [-0.15, -0.1) is 0 Å². The summed E-state index contributed by atoms with van der Waals surface area (Å²) < 4.78 is 1.74. The van der Waals surface area contributed by atoms with Gasteiger partial charge < -0.3 is 5.32 Å². The zero-order valence-corrected chi connectivity index (χ0v) is 16.7. The third-order valence-corrected chi connectivity index (χ3v) is 6.07. The number of rotatable bonds is 1. The van der Waals surface area contributed by atoms with Gasteiger partial charge in [0.05, 0.1) is 11.3 Å². The van der Waals surface area contributed by atoms with Crippen LogP contribution in [0.25, 0.3) is 0 Å². The fraction of sp³-hybridized carbons (Fsp3) is 0.550. The lowest BCUT2D eigenvalue weighted by Crippen LogP contribution is -2.51. The second-order valence-electron chi connectivity index (χ2n) is 8.15. The Labute approximate surface area is 159 Å². The van der Waals surface area contributed by atoms with E-state index in [0.717, 1.165) is 29.8 Å². The van der Waals surface area contributed by atoms with Crippen molar-refractivity contribution in [1.29, 1.82) is 5.26 Å². The van der Waals surface area contributed by atoms with Crippen LogP contribution in [-0.4, -0.2) is 34.4 Å². The van der Waals surface area contributed by atoms with Gasteiger partial charge in [-0.05, 0) is 18.8 Å². The molecule has 0 unspecified atom stereocenters. The fourth-order valence-corrected chi connectivity index (χ4v) is 4.91. The largest absolute Gasteiger partial charge is 0.309 e. The van der Waals surface area contributed by atoms with E-state index in [-0.39, 0.29) is 23.2 Å². The predicted octanol–water partition coefficient (Wildman–Crippen LogP) is 1.81. The fourth-order valence-electron chi connectivity index (χ4n) is 4.91. The van der Waals surface area contributed by atoms with Crippen molar-refractivity contribution in [2.45, 2.75) is 46.0 Å². The van der Waals surface area contributed by atoms with E-state index in [0.29, 0.717) is 5.84 Å². The number of fused-ring (bicyclic) bond motifs is 3. The van der Waals surface area contributed by atoms with Crippen LogP contribution in [0.1, 0.15) is 51.1 Å². The van der Waals surface area contributed by atoms with Gasteiger partial charge in [0.1, 0.15) is 11.8 Å². The zero-order valence-electron chi connectivity index (χ0n) is 16.7. The Kier molecular flexibility index (Phi) is 4.34. The molecular formula is C20H25N5O2. The number of ketones is 1. The normalized spacial score (nSPS) is 26.6. The quantitative estimate of drug-likeness (QED) is 0.604. The van der Waals surface area contributed by atoms with Crippen LogP contribution in [0.5, 0.6) is 0 Å². The monoisotopic (exact) mass is 367 g/mol. The maximum Gasteiger partial charge on any atom is 0.222 e. The summed E-state index contributed by atoms with van der Waals surface area (Å²) in [6.45, 7) is 7.35. The number of carbonyl (C=O) groups excluding carboxylic acids is 2. The topological polar surface area (TPSA) is 100 Å². The Balaban J connectivity index is 2.24. The first-order valence-electron chi connectivity index (χ1n) is 9.06. The van der Waals surface area contributed by atoms with Crippen molar-refractivity contribution in [3.63, 3.8) is 0 Å². The average molecular weight is 367 g/mol. The highest BCUT2D eigenvalue weighted by Gasteiger charge is 2.55. The lowest BCUT2D eigenvalue weighted by atomic mass is 9.52. The van der Waals surface area contributed by atoms with E-state index >= 15 is 0 Å². The molecule has 3 rings (SSSR count). The van der Waals surface area contributed by atoms with Crippen LogP contribution in [-0.2, 0) is 28.5 Å². The number of nitriles is 1. The Morgan fingerprint density at radius 3 is 2.67 bits per heavy atom. The Hall–Kier alpha value is -2.75. The van der Waals surface area contributed by atoms with E-state index in [4.69, 9.17) is 5.10 Å². The van der Waals surface area contributed by atoms with Gasteiger partial charge in [-0.2, -0.15) is 10.4 Å². The SMILES string of the molecule is C/N=C(\NC(C)=O)c1c2c(nn1C)[C@@]1(C)C=C(C#N)C(=O)C(C)(C)[C@@H]1CC2. The van der Waals surface area contributed by atoms with Crippen LogP contribution in [0, 0.1) is 22.7 Å². The molecule has 1 amide bonds. The van der Waals surface area contributed by atoms with Crippen molar-refractivity contribution >= 4 is 17.5 Å². The van der Waals surface area contributed by atoms with Crippen LogP contribution in [0.4, 0.5) is 0 Å². The van der Waals surface area contributed by atoms with Crippen LogP contribution in [0.2, 0.25) is 0 Å². The number of hydrogen-bond donors (Lipinski definition) is 1. The number of aliphatic imine (C=N–C) groups is 1. The summed E-state index contributed by atoms with van der Waals surface area (Å²) in [5.74, 6) is 0.242. The molecule has 0 bridgehead atoms. The Morgan fingerprint density at radius 2 is 2.11 bits per heavy atom. The second kappa shape index (κ2) is 6.15. The van der Waals surface area contributed by atoms with Gasteiger partial charge in [0, 0.05) is 37.4 Å². The highest BCUT2D eigenvalue weighted by atomic mass is 16.1. The maximum absolute atomic E-state index is 12.8. The first-order chi connectivity index (χ1) is 12.6. The molecule has 142 valence electrons. The number of Topliss-reactive ketones (excluding diaryl/α,β-unsaturated/α-hetero) is 1. The lowest BCUT2D eigenvalue weighted by molar-refractivity contribution is -0.128. The molecule has 2 aliphatic rings. The van der Waals surface area contributed by atoms with Crippen molar-refractivity contribution in [2.75, 3.05) is 7.05 Å². The van der Waals surface area contributed by atoms with Crippen LogP contribution in [0.3, 0.4) is 0 Å². The molecule has 7 heteroatoms. The number of amides is 1. The van der Waals surface area contributed by atoms with Gasteiger partial charge in [-0.3, -0.25) is 19.3 Å². The zero-order chi connectivity index (χ0) is 20.1. The van der Waals surface area contributed by atoms with E-state index in [9.17, 15) is 14.9 Å². The first-order valence-corrected chi connectivity index (χ1v) is 9.06. The predicted molar refractivity (Wildman–Crippen MR) is 101 cm³/mol. The third kappa shape index (κ3) is 2.62. The number of carbonyl (C=O) groups is 2. The number of aryl methyl sites for hydroxylation is 1. The number of nitrogens with zero attached hydrogens (tertiary/aromatic N) is 4. The smallest absolute Gasteiger partial charge is 0.222 e. The van der Waals surface area contributed by atoms with Gasteiger partial charge in [0.15, 0.2) is 11.6 Å². The number of amidine groups is 1. The van der Waals surface area contributed by atoms with Gasteiger partial charge in [0.25, 0.3) is 0 Å². The molecule has 2 atom stereocenters. The standard InChI is InChI=1S/C20H25N5O2/c1-11(26)23-18(22-5)15-13-7-8-14-19(2,3)17(27)12(10-21)9-20(14,4)16(13)24-25(15)6/h9,14H,7-8H2,1-6H3,(H,22,23,26)/t14-,20-/m0/s1.